The van der Waals surface area contributed by atoms with Crippen molar-refractivity contribution in [3.05, 3.63) is 53.5 Å². The fourth-order valence-electron chi connectivity index (χ4n) is 1.84. The summed E-state index contributed by atoms with van der Waals surface area (Å²) in [5.41, 5.74) is 5.82. The molecule has 0 aliphatic carbocycles. The molecule has 0 atom stereocenters. The van der Waals surface area contributed by atoms with Crippen molar-refractivity contribution in [1.29, 1.82) is 5.41 Å². The normalized spacial score (nSPS) is 10.1. The van der Waals surface area contributed by atoms with E-state index in [1.165, 1.54) is 36.4 Å². The molecular formula is C16H15N3O6. The first-order chi connectivity index (χ1) is 11.8. The molecule has 2 rings (SSSR count). The Morgan fingerprint density at radius 2 is 1.84 bits per heavy atom. The predicted molar refractivity (Wildman–Crippen MR) is 85.5 cm³/mol. The number of carboxylic acids is 1. The fraction of sp³-hybridized carbons (Fsp3) is 0.125. The van der Waals surface area contributed by atoms with Gasteiger partial charge >= 0.3 is 11.9 Å². The highest BCUT2D eigenvalue weighted by Crippen LogP contribution is 2.16. The summed E-state index contributed by atoms with van der Waals surface area (Å²) in [6, 6.07) is 8.81. The number of rotatable bonds is 7. The number of carbonyl (C=O) groups is 3. The molecule has 1 heterocycles. The Kier molecular flexibility index (Phi) is 5.51. The second kappa shape index (κ2) is 7.77. The van der Waals surface area contributed by atoms with Crippen molar-refractivity contribution in [3.8, 4) is 5.75 Å². The van der Waals surface area contributed by atoms with Crippen molar-refractivity contribution in [3.63, 3.8) is 0 Å². The number of hydrogen-bond donors (Lipinski definition) is 4. The number of nitrogens with two attached hydrogens (primary N) is 1. The van der Waals surface area contributed by atoms with E-state index in [1.54, 1.807) is 0 Å². The van der Waals surface area contributed by atoms with E-state index in [4.69, 9.17) is 25.4 Å². The summed E-state index contributed by atoms with van der Waals surface area (Å²) in [5, 5.41) is 17.9. The third-order valence-corrected chi connectivity index (χ3v) is 3.01. The average molecular weight is 345 g/mol. The Bertz CT molecular complexity index is 810. The maximum atomic E-state index is 12.0. The zero-order valence-electron chi connectivity index (χ0n) is 12.9. The molecule has 0 aliphatic rings. The molecule has 0 radical (unpaired) electrons. The highest BCUT2D eigenvalue weighted by molar-refractivity contribution is 5.95. The number of ether oxygens (including phenoxy) is 1. The lowest BCUT2D eigenvalue weighted by atomic mass is 10.2. The van der Waals surface area contributed by atoms with E-state index in [2.05, 4.69) is 5.32 Å². The first-order valence-corrected chi connectivity index (χ1v) is 7.09. The van der Waals surface area contributed by atoms with E-state index in [9.17, 15) is 14.4 Å². The highest BCUT2D eigenvalue weighted by Gasteiger charge is 2.16. The van der Waals surface area contributed by atoms with Gasteiger partial charge in [0.1, 0.15) is 23.9 Å². The zero-order chi connectivity index (χ0) is 18.4. The summed E-state index contributed by atoms with van der Waals surface area (Å²) >= 11 is 0. The summed E-state index contributed by atoms with van der Waals surface area (Å²) in [4.78, 5) is 33.8. The van der Waals surface area contributed by atoms with Gasteiger partial charge in [0.15, 0.2) is 0 Å². The highest BCUT2D eigenvalue weighted by atomic mass is 16.5. The molecule has 2 aromatic rings. The number of esters is 1. The molecule has 9 heteroatoms. The lowest BCUT2D eigenvalue weighted by Crippen LogP contribution is -2.30. The molecule has 130 valence electrons. The standard InChI is InChI=1S/C16H15N3O6/c17-15(18)9-1-3-10(4-2-9)25-16(23)12-6-5-11(24-12)7-13(20)19-8-14(21)22/h1-6H,7-8H2,(H3,17,18)(H,19,20)(H,21,22). The Balaban J connectivity index is 1.94. The smallest absolute Gasteiger partial charge is 0.379 e. The van der Waals surface area contributed by atoms with Crippen LogP contribution in [-0.4, -0.2) is 35.3 Å². The second-order valence-corrected chi connectivity index (χ2v) is 4.94. The van der Waals surface area contributed by atoms with Crippen LogP contribution in [0, 0.1) is 5.41 Å². The van der Waals surface area contributed by atoms with Crippen molar-refractivity contribution < 1.29 is 28.6 Å². The average Bonchev–Trinajstić information content (AvgIpc) is 3.02. The first-order valence-electron chi connectivity index (χ1n) is 7.09. The van der Waals surface area contributed by atoms with Gasteiger partial charge in [-0.2, -0.15) is 0 Å². The number of carbonyl (C=O) groups excluding carboxylic acids is 2. The van der Waals surface area contributed by atoms with Crippen LogP contribution >= 0.6 is 0 Å². The molecule has 0 bridgehead atoms. The maximum Gasteiger partial charge on any atom is 0.379 e. The van der Waals surface area contributed by atoms with Crippen LogP contribution in [0.1, 0.15) is 21.9 Å². The monoisotopic (exact) mass is 345 g/mol. The molecule has 1 amide bonds. The second-order valence-electron chi connectivity index (χ2n) is 4.94. The van der Waals surface area contributed by atoms with Crippen LogP contribution in [0.4, 0.5) is 0 Å². The number of nitrogens with one attached hydrogen (secondary N) is 2. The minimum absolute atomic E-state index is 0.100. The van der Waals surface area contributed by atoms with Gasteiger partial charge in [0, 0.05) is 5.56 Å². The third-order valence-electron chi connectivity index (χ3n) is 3.01. The number of amidine groups is 1. The SMILES string of the molecule is N=C(N)c1ccc(OC(=O)c2ccc(CC(=O)NCC(=O)O)o2)cc1. The summed E-state index contributed by atoms with van der Waals surface area (Å²) < 4.78 is 10.3. The fourth-order valence-corrected chi connectivity index (χ4v) is 1.84. The molecule has 25 heavy (non-hydrogen) atoms. The molecule has 9 nitrogen and oxygen atoms in total. The van der Waals surface area contributed by atoms with E-state index in [-0.39, 0.29) is 29.5 Å². The van der Waals surface area contributed by atoms with Gasteiger partial charge < -0.3 is 25.3 Å². The topological polar surface area (TPSA) is 156 Å². The summed E-state index contributed by atoms with van der Waals surface area (Å²) in [5.74, 6) is -2.22. The molecule has 0 saturated carbocycles. The van der Waals surface area contributed by atoms with Gasteiger partial charge in [0.2, 0.25) is 11.7 Å². The number of nitrogen functional groups attached to an aromatic ring is 1. The van der Waals surface area contributed by atoms with E-state index < -0.39 is 24.4 Å². The maximum absolute atomic E-state index is 12.0. The van der Waals surface area contributed by atoms with Gasteiger partial charge in [0.25, 0.3) is 0 Å². The van der Waals surface area contributed by atoms with Crippen LogP contribution in [0.25, 0.3) is 0 Å². The largest absolute Gasteiger partial charge is 0.480 e. The molecule has 0 unspecified atom stereocenters. The first kappa shape index (κ1) is 17.7. The minimum atomic E-state index is -1.16. The van der Waals surface area contributed by atoms with E-state index >= 15 is 0 Å². The molecular weight excluding hydrogens is 330 g/mol. The number of aliphatic carboxylic acids is 1. The van der Waals surface area contributed by atoms with Crippen LogP contribution in [0.3, 0.4) is 0 Å². The molecule has 5 N–H and O–H groups in total. The van der Waals surface area contributed by atoms with Gasteiger partial charge in [-0.3, -0.25) is 15.0 Å². The van der Waals surface area contributed by atoms with Crippen LogP contribution in [-0.2, 0) is 16.0 Å². The van der Waals surface area contributed by atoms with Crippen molar-refractivity contribution >= 4 is 23.7 Å². The van der Waals surface area contributed by atoms with E-state index in [0.717, 1.165) is 0 Å². The number of hydrogen-bond acceptors (Lipinski definition) is 6. The van der Waals surface area contributed by atoms with Gasteiger partial charge in [-0.25, -0.2) is 4.79 Å². The molecule has 0 saturated heterocycles. The van der Waals surface area contributed by atoms with E-state index in [1.807, 2.05) is 0 Å². The Morgan fingerprint density at radius 1 is 1.16 bits per heavy atom. The number of carboxylic acid groups (broad SMARTS) is 1. The van der Waals surface area contributed by atoms with Crippen LogP contribution < -0.4 is 15.8 Å². The van der Waals surface area contributed by atoms with Gasteiger partial charge in [-0.1, -0.05) is 0 Å². The minimum Gasteiger partial charge on any atom is -0.480 e. The van der Waals surface area contributed by atoms with Crippen molar-refractivity contribution in [2.24, 2.45) is 5.73 Å². The predicted octanol–water partition coefficient (Wildman–Crippen LogP) is 0.526. The number of amides is 1. The quantitative estimate of drug-likeness (QED) is 0.247. The molecule has 0 fully saturated rings. The molecule has 1 aromatic heterocycles. The van der Waals surface area contributed by atoms with Crippen LogP contribution in [0.2, 0.25) is 0 Å². The van der Waals surface area contributed by atoms with Crippen molar-refractivity contribution in [2.45, 2.75) is 6.42 Å². The van der Waals surface area contributed by atoms with Gasteiger partial charge in [0.05, 0.1) is 6.42 Å². The molecule has 1 aromatic carbocycles. The summed E-state index contributed by atoms with van der Waals surface area (Å²) in [7, 11) is 0. The summed E-state index contributed by atoms with van der Waals surface area (Å²) in [6.07, 6.45) is -0.201. The Hall–Kier alpha value is -3.62. The summed E-state index contributed by atoms with van der Waals surface area (Å²) in [6.45, 7) is -0.495. The van der Waals surface area contributed by atoms with Gasteiger partial charge in [-0.15, -0.1) is 0 Å². The van der Waals surface area contributed by atoms with Crippen molar-refractivity contribution in [1.82, 2.24) is 5.32 Å². The van der Waals surface area contributed by atoms with Crippen molar-refractivity contribution in [2.75, 3.05) is 6.54 Å². The number of furan rings is 1. The van der Waals surface area contributed by atoms with Crippen LogP contribution in [0.15, 0.2) is 40.8 Å². The Labute approximate surface area is 141 Å². The lowest BCUT2D eigenvalue weighted by molar-refractivity contribution is -0.137. The molecule has 0 spiro atoms. The van der Waals surface area contributed by atoms with Gasteiger partial charge in [-0.05, 0) is 36.4 Å². The third kappa shape index (κ3) is 5.20. The number of benzene rings is 1. The molecule has 0 aliphatic heterocycles. The lowest BCUT2D eigenvalue weighted by Gasteiger charge is -2.03. The van der Waals surface area contributed by atoms with E-state index in [0.29, 0.717) is 5.56 Å². The Morgan fingerprint density at radius 3 is 2.44 bits per heavy atom. The van der Waals surface area contributed by atoms with Crippen LogP contribution in [0.5, 0.6) is 5.75 Å². The zero-order valence-corrected chi connectivity index (χ0v) is 12.9.